The van der Waals surface area contributed by atoms with Gasteiger partial charge in [-0.05, 0) is 32.1 Å². The summed E-state index contributed by atoms with van der Waals surface area (Å²) in [7, 11) is 0. The lowest BCUT2D eigenvalue weighted by molar-refractivity contribution is 0.0201. The zero-order valence-electron chi connectivity index (χ0n) is 7.05. The Kier molecular flexibility index (Phi) is 1.92. The molecule has 0 radical (unpaired) electrons. The Balaban J connectivity index is 2.07. The van der Waals surface area contributed by atoms with Gasteiger partial charge in [-0.3, -0.25) is 0 Å². The van der Waals surface area contributed by atoms with E-state index >= 15 is 0 Å². The summed E-state index contributed by atoms with van der Waals surface area (Å²) in [5, 5.41) is 11.6. The molecule has 11 heavy (non-hydrogen) atoms. The fourth-order valence-electron chi connectivity index (χ4n) is 2.30. The molecule has 2 heteroatoms. The fraction of sp³-hybridized carbons (Fsp3) is 1.00. The third-order valence-corrected chi connectivity index (χ3v) is 4.64. The molecular formula is C9H16OS. The van der Waals surface area contributed by atoms with Crippen LogP contribution in [-0.4, -0.2) is 21.2 Å². The molecule has 0 aromatic heterocycles. The maximum Gasteiger partial charge on any atom is 0.0666 e. The molecule has 64 valence electrons. The van der Waals surface area contributed by atoms with Crippen LogP contribution >= 0.6 is 11.8 Å². The Morgan fingerprint density at radius 2 is 1.91 bits per heavy atom. The van der Waals surface area contributed by atoms with Gasteiger partial charge in [-0.2, -0.15) is 11.8 Å². The third-order valence-electron chi connectivity index (χ3n) is 3.07. The number of fused-ring (bicyclic) bond motifs is 2. The van der Waals surface area contributed by atoms with E-state index in [2.05, 4.69) is 18.7 Å². The number of thioether (sulfide) groups is 1. The summed E-state index contributed by atoms with van der Waals surface area (Å²) in [5.74, 6) is 0. The van der Waals surface area contributed by atoms with Gasteiger partial charge in [-0.15, -0.1) is 0 Å². The predicted molar refractivity (Wildman–Crippen MR) is 48.9 cm³/mol. The molecule has 3 atom stereocenters. The summed E-state index contributed by atoms with van der Waals surface area (Å²) in [6.45, 7) is 2.11. The van der Waals surface area contributed by atoms with Crippen LogP contribution in [0.15, 0.2) is 0 Å². The van der Waals surface area contributed by atoms with E-state index < -0.39 is 0 Å². The van der Waals surface area contributed by atoms with Gasteiger partial charge in [0, 0.05) is 10.5 Å². The minimum Gasteiger partial charge on any atom is -0.390 e. The van der Waals surface area contributed by atoms with E-state index in [0.717, 1.165) is 29.8 Å². The average Bonchev–Trinajstić information content (AvgIpc) is 2.31. The highest BCUT2D eigenvalue weighted by Crippen LogP contribution is 2.48. The summed E-state index contributed by atoms with van der Waals surface area (Å²) >= 11 is 2.11. The van der Waals surface area contributed by atoms with Crippen molar-refractivity contribution in [3.05, 3.63) is 0 Å². The van der Waals surface area contributed by atoms with Crippen LogP contribution in [0, 0.1) is 0 Å². The van der Waals surface area contributed by atoms with Gasteiger partial charge in [0.15, 0.2) is 0 Å². The Morgan fingerprint density at radius 3 is 2.36 bits per heavy atom. The zero-order valence-corrected chi connectivity index (χ0v) is 7.86. The van der Waals surface area contributed by atoms with Crippen LogP contribution in [-0.2, 0) is 0 Å². The van der Waals surface area contributed by atoms with Crippen LogP contribution in [0.3, 0.4) is 0 Å². The van der Waals surface area contributed by atoms with Crippen molar-refractivity contribution in [3.63, 3.8) is 0 Å². The maximum atomic E-state index is 10.0. The summed E-state index contributed by atoms with van der Waals surface area (Å²) in [6, 6.07) is 0. The van der Waals surface area contributed by atoms with Crippen LogP contribution in [0.5, 0.6) is 0 Å². The molecule has 1 N–H and O–H groups in total. The molecule has 0 aromatic rings. The van der Waals surface area contributed by atoms with E-state index in [1.54, 1.807) is 0 Å². The monoisotopic (exact) mass is 172 g/mol. The molecule has 2 saturated heterocycles. The van der Waals surface area contributed by atoms with Gasteiger partial charge in [-0.1, -0.05) is 6.92 Å². The van der Waals surface area contributed by atoms with Gasteiger partial charge in [0.05, 0.1) is 5.60 Å². The Hall–Kier alpha value is 0.310. The highest BCUT2D eigenvalue weighted by molar-refractivity contribution is 8.00. The summed E-state index contributed by atoms with van der Waals surface area (Å²) in [6.07, 6.45) is 5.73. The summed E-state index contributed by atoms with van der Waals surface area (Å²) in [5.41, 5.74) is -0.295. The van der Waals surface area contributed by atoms with Crippen molar-refractivity contribution in [2.75, 3.05) is 0 Å². The lowest BCUT2D eigenvalue weighted by atomic mass is 9.91. The normalized spacial score (nSPS) is 49.6. The lowest BCUT2D eigenvalue weighted by Gasteiger charge is -2.35. The molecule has 2 bridgehead atoms. The molecule has 0 aliphatic carbocycles. The quantitative estimate of drug-likeness (QED) is 0.654. The Bertz CT molecular complexity index is 146. The second-order valence-electron chi connectivity index (χ2n) is 3.94. The highest BCUT2D eigenvalue weighted by Gasteiger charge is 2.41. The standard InChI is InChI=1S/C9H16OS/c1-2-9(10)5-7-3-4-8(6-9)11-7/h7-8,10H,2-6H2,1H3/t7-,8+,9?. The van der Waals surface area contributed by atoms with E-state index in [9.17, 15) is 5.11 Å². The summed E-state index contributed by atoms with van der Waals surface area (Å²) in [4.78, 5) is 0. The van der Waals surface area contributed by atoms with Gasteiger partial charge in [-0.25, -0.2) is 0 Å². The van der Waals surface area contributed by atoms with E-state index in [-0.39, 0.29) is 5.60 Å². The maximum absolute atomic E-state index is 10.0. The van der Waals surface area contributed by atoms with Gasteiger partial charge in [0.25, 0.3) is 0 Å². The lowest BCUT2D eigenvalue weighted by Crippen LogP contribution is -2.36. The number of rotatable bonds is 1. The van der Waals surface area contributed by atoms with E-state index in [1.165, 1.54) is 12.8 Å². The molecule has 2 fully saturated rings. The largest absolute Gasteiger partial charge is 0.390 e. The molecular weight excluding hydrogens is 156 g/mol. The van der Waals surface area contributed by atoms with Crippen molar-refractivity contribution in [1.29, 1.82) is 0 Å². The van der Waals surface area contributed by atoms with Gasteiger partial charge < -0.3 is 5.11 Å². The molecule has 2 heterocycles. The van der Waals surface area contributed by atoms with Crippen LogP contribution in [0.2, 0.25) is 0 Å². The first-order valence-corrected chi connectivity index (χ1v) is 5.54. The van der Waals surface area contributed by atoms with Crippen molar-refractivity contribution in [2.45, 2.75) is 55.1 Å². The van der Waals surface area contributed by atoms with Crippen molar-refractivity contribution in [1.82, 2.24) is 0 Å². The Labute approximate surface area is 72.6 Å². The van der Waals surface area contributed by atoms with Crippen molar-refractivity contribution in [3.8, 4) is 0 Å². The van der Waals surface area contributed by atoms with Gasteiger partial charge in [0.1, 0.15) is 0 Å². The van der Waals surface area contributed by atoms with Crippen molar-refractivity contribution >= 4 is 11.8 Å². The first-order valence-electron chi connectivity index (χ1n) is 4.60. The first-order chi connectivity index (χ1) is 5.22. The Morgan fingerprint density at radius 1 is 1.36 bits per heavy atom. The number of hydrogen-bond donors (Lipinski definition) is 1. The van der Waals surface area contributed by atoms with E-state index in [1.807, 2.05) is 0 Å². The van der Waals surface area contributed by atoms with Crippen molar-refractivity contribution < 1.29 is 5.11 Å². The smallest absolute Gasteiger partial charge is 0.0666 e. The molecule has 0 saturated carbocycles. The van der Waals surface area contributed by atoms with Crippen LogP contribution < -0.4 is 0 Å². The third kappa shape index (κ3) is 1.43. The fourth-order valence-corrected chi connectivity index (χ4v) is 4.20. The molecule has 0 spiro atoms. The topological polar surface area (TPSA) is 20.2 Å². The molecule has 0 amide bonds. The number of hydrogen-bond acceptors (Lipinski definition) is 2. The molecule has 2 aliphatic heterocycles. The SMILES string of the molecule is CCC1(O)C[C@H]2CC[C@@H](C1)S2. The van der Waals surface area contributed by atoms with Gasteiger partial charge >= 0.3 is 0 Å². The molecule has 0 aromatic carbocycles. The summed E-state index contributed by atoms with van der Waals surface area (Å²) < 4.78 is 0. The minimum absolute atomic E-state index is 0.295. The molecule has 2 rings (SSSR count). The highest BCUT2D eigenvalue weighted by atomic mass is 32.2. The zero-order chi connectivity index (χ0) is 7.90. The average molecular weight is 172 g/mol. The van der Waals surface area contributed by atoms with E-state index in [4.69, 9.17) is 0 Å². The molecule has 2 aliphatic rings. The van der Waals surface area contributed by atoms with Crippen LogP contribution in [0.25, 0.3) is 0 Å². The van der Waals surface area contributed by atoms with Crippen molar-refractivity contribution in [2.24, 2.45) is 0 Å². The number of aliphatic hydroxyl groups is 1. The molecule has 1 unspecified atom stereocenters. The van der Waals surface area contributed by atoms with E-state index in [0.29, 0.717) is 0 Å². The minimum atomic E-state index is -0.295. The van der Waals surface area contributed by atoms with Crippen LogP contribution in [0.4, 0.5) is 0 Å². The predicted octanol–water partition coefficient (Wildman–Crippen LogP) is 2.19. The first kappa shape index (κ1) is 7.93. The second kappa shape index (κ2) is 2.67. The van der Waals surface area contributed by atoms with Crippen LogP contribution in [0.1, 0.15) is 39.0 Å². The van der Waals surface area contributed by atoms with Gasteiger partial charge in [0.2, 0.25) is 0 Å². The second-order valence-corrected chi connectivity index (χ2v) is 5.55. The molecule has 1 nitrogen and oxygen atoms in total.